The molecule has 0 radical (unpaired) electrons. The fourth-order valence-electron chi connectivity index (χ4n) is 4.48. The summed E-state index contributed by atoms with van der Waals surface area (Å²) in [5.41, 5.74) is 0.935. The molecule has 0 aromatic carbocycles. The minimum atomic E-state index is -3.13. The summed E-state index contributed by atoms with van der Waals surface area (Å²) in [6.45, 7) is 10.5. The number of thiophene rings is 1. The Morgan fingerprint density at radius 2 is 1.82 bits per heavy atom. The first-order chi connectivity index (χ1) is 16.3. The molecule has 184 valence electrons. The zero-order valence-corrected chi connectivity index (χ0v) is 21.5. The number of hydrogen-bond donors (Lipinski definition) is 0. The van der Waals surface area contributed by atoms with E-state index in [9.17, 15) is 8.42 Å². The molecule has 3 aromatic rings. The van der Waals surface area contributed by atoms with Crippen LogP contribution in [0.25, 0.3) is 16.2 Å². The number of piperazine rings is 1. The number of anilines is 1. The van der Waals surface area contributed by atoms with Crippen molar-refractivity contribution in [3.05, 3.63) is 29.2 Å². The number of fused-ring (bicyclic) bond motifs is 1. The van der Waals surface area contributed by atoms with Gasteiger partial charge in [-0.15, -0.1) is 11.3 Å². The lowest BCUT2D eigenvalue weighted by Gasteiger charge is -2.32. The standard InChI is InChI=1S/C22H31N7O3S2/c1-16(2)20-23-4-5-29(20)22-24-18-14-17(15-26-6-8-28(9-7-26)34(3,30)31)33-19(18)21(25-22)27-10-12-32-13-11-27/h4-5,14,16H,6-13,15H2,1-3H3. The van der Waals surface area contributed by atoms with Gasteiger partial charge in [0.25, 0.3) is 0 Å². The van der Waals surface area contributed by atoms with Gasteiger partial charge in [0.1, 0.15) is 5.82 Å². The normalized spacial score (nSPS) is 18.9. The zero-order chi connectivity index (χ0) is 23.9. The predicted octanol–water partition coefficient (Wildman–Crippen LogP) is 1.91. The lowest BCUT2D eigenvalue weighted by molar-refractivity contribution is 0.122. The van der Waals surface area contributed by atoms with Gasteiger partial charge in [0, 0.05) is 69.0 Å². The Hall–Kier alpha value is -2.12. The van der Waals surface area contributed by atoms with Crippen molar-refractivity contribution in [2.24, 2.45) is 0 Å². The largest absolute Gasteiger partial charge is 0.378 e. The molecule has 5 heterocycles. The first-order valence-electron chi connectivity index (χ1n) is 11.6. The maximum absolute atomic E-state index is 11.8. The monoisotopic (exact) mass is 505 g/mol. The Balaban J connectivity index is 1.47. The fraction of sp³-hybridized carbons (Fsp3) is 0.591. The average Bonchev–Trinajstić information content (AvgIpc) is 3.46. The molecule has 12 heteroatoms. The molecule has 0 saturated carbocycles. The van der Waals surface area contributed by atoms with E-state index >= 15 is 0 Å². The molecule has 2 aliphatic heterocycles. The van der Waals surface area contributed by atoms with Crippen molar-refractivity contribution >= 4 is 37.4 Å². The van der Waals surface area contributed by atoms with Crippen LogP contribution in [0.2, 0.25) is 0 Å². The van der Waals surface area contributed by atoms with E-state index in [1.54, 1.807) is 21.8 Å². The predicted molar refractivity (Wildman–Crippen MR) is 133 cm³/mol. The van der Waals surface area contributed by atoms with Crippen LogP contribution in [0.3, 0.4) is 0 Å². The third-order valence-corrected chi connectivity index (χ3v) is 8.69. The molecule has 0 spiro atoms. The number of sulfonamides is 1. The van der Waals surface area contributed by atoms with Crippen LogP contribution >= 0.6 is 11.3 Å². The molecule has 0 atom stereocenters. The molecule has 0 N–H and O–H groups in total. The smallest absolute Gasteiger partial charge is 0.237 e. The van der Waals surface area contributed by atoms with Crippen LogP contribution < -0.4 is 4.90 Å². The maximum Gasteiger partial charge on any atom is 0.237 e. The van der Waals surface area contributed by atoms with E-state index in [-0.39, 0.29) is 5.92 Å². The van der Waals surface area contributed by atoms with Gasteiger partial charge < -0.3 is 9.64 Å². The van der Waals surface area contributed by atoms with E-state index in [1.165, 1.54) is 11.1 Å². The molecule has 0 amide bonds. The Kier molecular flexibility index (Phi) is 6.60. The average molecular weight is 506 g/mol. The number of morpholine rings is 1. The van der Waals surface area contributed by atoms with Gasteiger partial charge in [-0.2, -0.15) is 9.29 Å². The SMILES string of the molecule is CC(C)c1nccn1-c1nc(N2CCOCC2)c2sc(CN3CCN(S(C)(=O)=O)CC3)cc2n1. The third kappa shape index (κ3) is 4.82. The summed E-state index contributed by atoms with van der Waals surface area (Å²) in [6, 6.07) is 2.16. The Morgan fingerprint density at radius 3 is 2.50 bits per heavy atom. The van der Waals surface area contributed by atoms with Crippen LogP contribution in [0.5, 0.6) is 0 Å². The topological polar surface area (TPSA) is 96.7 Å². The highest BCUT2D eigenvalue weighted by atomic mass is 32.2. The van der Waals surface area contributed by atoms with Gasteiger partial charge in [-0.3, -0.25) is 9.47 Å². The van der Waals surface area contributed by atoms with E-state index in [4.69, 9.17) is 14.7 Å². The number of aromatic nitrogens is 4. The number of hydrogen-bond acceptors (Lipinski definition) is 9. The Morgan fingerprint density at radius 1 is 1.09 bits per heavy atom. The number of nitrogens with zero attached hydrogens (tertiary/aromatic N) is 7. The second kappa shape index (κ2) is 9.50. The summed E-state index contributed by atoms with van der Waals surface area (Å²) >= 11 is 1.73. The summed E-state index contributed by atoms with van der Waals surface area (Å²) in [7, 11) is -3.13. The van der Waals surface area contributed by atoms with Crippen molar-refractivity contribution in [3.63, 3.8) is 0 Å². The molecule has 2 aliphatic rings. The molecular weight excluding hydrogens is 474 g/mol. The highest BCUT2D eigenvalue weighted by Crippen LogP contribution is 2.34. The second-order valence-corrected chi connectivity index (χ2v) is 12.2. The molecule has 2 saturated heterocycles. The summed E-state index contributed by atoms with van der Waals surface area (Å²) in [5.74, 6) is 2.78. The van der Waals surface area contributed by atoms with Gasteiger partial charge in [-0.05, 0) is 6.07 Å². The minimum absolute atomic E-state index is 0.254. The number of imidazole rings is 1. The van der Waals surface area contributed by atoms with Crippen LogP contribution in [-0.4, -0.2) is 95.9 Å². The summed E-state index contributed by atoms with van der Waals surface area (Å²) in [5, 5.41) is 0. The van der Waals surface area contributed by atoms with Crippen LogP contribution in [0, 0.1) is 0 Å². The van der Waals surface area contributed by atoms with Gasteiger partial charge in [0.05, 0.1) is 29.7 Å². The van der Waals surface area contributed by atoms with E-state index < -0.39 is 10.0 Å². The third-order valence-electron chi connectivity index (χ3n) is 6.28. The molecule has 5 rings (SSSR count). The lowest BCUT2D eigenvalue weighted by Crippen LogP contribution is -2.47. The summed E-state index contributed by atoms with van der Waals surface area (Å²) in [4.78, 5) is 20.3. The van der Waals surface area contributed by atoms with Crippen LogP contribution in [0.15, 0.2) is 18.5 Å². The van der Waals surface area contributed by atoms with Crippen molar-refractivity contribution in [3.8, 4) is 5.95 Å². The molecule has 3 aromatic heterocycles. The molecular formula is C22H31N7O3S2. The zero-order valence-electron chi connectivity index (χ0n) is 19.8. The second-order valence-electron chi connectivity index (χ2n) is 9.12. The molecule has 10 nitrogen and oxygen atoms in total. The molecule has 0 bridgehead atoms. The summed E-state index contributed by atoms with van der Waals surface area (Å²) < 4.78 is 33.8. The number of ether oxygens (including phenoxy) is 1. The number of rotatable bonds is 6. The first-order valence-corrected chi connectivity index (χ1v) is 14.3. The molecule has 2 fully saturated rings. The first kappa shape index (κ1) is 23.6. The van der Waals surface area contributed by atoms with Crippen molar-refractivity contribution in [2.45, 2.75) is 26.3 Å². The molecule has 34 heavy (non-hydrogen) atoms. The fourth-order valence-corrected chi connectivity index (χ4v) is 6.46. The van der Waals surface area contributed by atoms with E-state index in [1.807, 2.05) is 10.8 Å². The highest BCUT2D eigenvalue weighted by Gasteiger charge is 2.25. The van der Waals surface area contributed by atoms with Crippen molar-refractivity contribution in [1.82, 2.24) is 28.7 Å². The van der Waals surface area contributed by atoms with Crippen LogP contribution in [0.1, 0.15) is 30.5 Å². The Bertz CT molecular complexity index is 1260. The van der Waals surface area contributed by atoms with Gasteiger partial charge in [0.15, 0.2) is 5.82 Å². The molecule has 0 unspecified atom stereocenters. The molecule has 0 aliphatic carbocycles. The van der Waals surface area contributed by atoms with Crippen molar-refractivity contribution < 1.29 is 13.2 Å². The van der Waals surface area contributed by atoms with E-state index in [2.05, 4.69) is 34.7 Å². The lowest BCUT2D eigenvalue weighted by atomic mass is 10.2. The quantitative estimate of drug-likeness (QED) is 0.501. The maximum atomic E-state index is 11.8. The van der Waals surface area contributed by atoms with Crippen LogP contribution in [0.4, 0.5) is 5.82 Å². The van der Waals surface area contributed by atoms with Crippen molar-refractivity contribution in [2.75, 3.05) is 63.6 Å². The van der Waals surface area contributed by atoms with Crippen molar-refractivity contribution in [1.29, 1.82) is 0 Å². The van der Waals surface area contributed by atoms with E-state index in [0.717, 1.165) is 54.6 Å². The van der Waals surface area contributed by atoms with Gasteiger partial charge in [-0.1, -0.05) is 13.8 Å². The highest BCUT2D eigenvalue weighted by molar-refractivity contribution is 7.88. The van der Waals surface area contributed by atoms with Gasteiger partial charge in [0.2, 0.25) is 16.0 Å². The Labute approximate surface area is 204 Å². The minimum Gasteiger partial charge on any atom is -0.378 e. The van der Waals surface area contributed by atoms with Gasteiger partial charge >= 0.3 is 0 Å². The van der Waals surface area contributed by atoms with Gasteiger partial charge in [-0.25, -0.2) is 18.4 Å². The van der Waals surface area contributed by atoms with Crippen LogP contribution in [-0.2, 0) is 21.3 Å². The summed E-state index contributed by atoms with van der Waals surface area (Å²) in [6.07, 6.45) is 5.00. The van der Waals surface area contributed by atoms with E-state index in [0.29, 0.717) is 32.3 Å².